The summed E-state index contributed by atoms with van der Waals surface area (Å²) in [6.45, 7) is 9.75. The van der Waals surface area contributed by atoms with Gasteiger partial charge < -0.3 is 10.6 Å². The molecule has 17 heavy (non-hydrogen) atoms. The molecule has 2 saturated heterocycles. The summed E-state index contributed by atoms with van der Waals surface area (Å²) in [6, 6.07) is 1.52. The largest absolute Gasteiger partial charge is 0.312 e. The normalized spacial score (nSPS) is 54.9. The van der Waals surface area contributed by atoms with Crippen LogP contribution in [0.1, 0.15) is 40.0 Å². The molecule has 0 radical (unpaired) electrons. The molecule has 3 aliphatic rings. The van der Waals surface area contributed by atoms with Crippen LogP contribution in [-0.2, 0) is 0 Å². The Morgan fingerprint density at radius 2 is 1.65 bits per heavy atom. The van der Waals surface area contributed by atoms with E-state index in [-0.39, 0.29) is 0 Å². The Kier molecular flexibility index (Phi) is 3.20. The first-order valence-electron chi connectivity index (χ1n) is 7.63. The summed E-state index contributed by atoms with van der Waals surface area (Å²) in [5.41, 5.74) is 0. The van der Waals surface area contributed by atoms with E-state index in [2.05, 4.69) is 31.4 Å². The first kappa shape index (κ1) is 12.0. The van der Waals surface area contributed by atoms with E-state index >= 15 is 0 Å². The molecule has 0 aromatic heterocycles. The number of rotatable bonds is 0. The van der Waals surface area contributed by atoms with Crippen LogP contribution >= 0.6 is 0 Å². The molecule has 98 valence electrons. The van der Waals surface area contributed by atoms with Gasteiger partial charge in [0.15, 0.2) is 0 Å². The van der Waals surface area contributed by atoms with Crippen LogP contribution in [0, 0.1) is 29.6 Å². The van der Waals surface area contributed by atoms with E-state index in [1.165, 1.54) is 32.4 Å². The first-order chi connectivity index (χ1) is 8.16. The van der Waals surface area contributed by atoms with Gasteiger partial charge in [0.1, 0.15) is 0 Å². The fourth-order valence-electron chi connectivity index (χ4n) is 4.62. The second-order valence-corrected chi connectivity index (χ2v) is 7.05. The van der Waals surface area contributed by atoms with E-state index in [0.717, 1.165) is 41.7 Å². The van der Waals surface area contributed by atoms with Gasteiger partial charge in [-0.05, 0) is 61.9 Å². The monoisotopic (exact) mass is 236 g/mol. The summed E-state index contributed by atoms with van der Waals surface area (Å²) in [5.74, 6) is 4.50. The van der Waals surface area contributed by atoms with E-state index in [1.807, 2.05) is 0 Å². The summed E-state index contributed by atoms with van der Waals surface area (Å²) in [7, 11) is 0. The average Bonchev–Trinajstić information content (AvgIpc) is 2.33. The molecule has 2 heteroatoms. The average molecular weight is 236 g/mol. The summed E-state index contributed by atoms with van der Waals surface area (Å²) in [6.07, 6.45) is 4.37. The molecule has 0 aromatic carbocycles. The third-order valence-corrected chi connectivity index (χ3v) is 5.88. The van der Waals surface area contributed by atoms with Crippen LogP contribution in [0.5, 0.6) is 0 Å². The maximum absolute atomic E-state index is 3.85. The van der Waals surface area contributed by atoms with Gasteiger partial charge in [0.2, 0.25) is 0 Å². The van der Waals surface area contributed by atoms with Crippen molar-refractivity contribution in [2.75, 3.05) is 13.1 Å². The van der Waals surface area contributed by atoms with Crippen molar-refractivity contribution in [1.29, 1.82) is 0 Å². The lowest BCUT2D eigenvalue weighted by Gasteiger charge is -2.53. The van der Waals surface area contributed by atoms with Gasteiger partial charge in [0.25, 0.3) is 0 Å². The van der Waals surface area contributed by atoms with Gasteiger partial charge in [-0.2, -0.15) is 0 Å². The molecule has 0 aromatic rings. The van der Waals surface area contributed by atoms with Crippen molar-refractivity contribution in [1.82, 2.24) is 10.6 Å². The van der Waals surface area contributed by atoms with Crippen molar-refractivity contribution in [3.8, 4) is 0 Å². The third kappa shape index (κ3) is 2.04. The zero-order chi connectivity index (χ0) is 12.0. The topological polar surface area (TPSA) is 24.1 Å². The SMILES string of the molecule is CC1CNC2C(CCC3C(C)C(C)CNC32)C1. The highest BCUT2D eigenvalue weighted by Crippen LogP contribution is 2.42. The molecule has 2 N–H and O–H groups in total. The molecule has 0 bridgehead atoms. The lowest BCUT2D eigenvalue weighted by atomic mass is 9.63. The smallest absolute Gasteiger partial charge is 0.0254 e. The first-order valence-corrected chi connectivity index (χ1v) is 7.63. The maximum atomic E-state index is 3.85. The van der Waals surface area contributed by atoms with Crippen molar-refractivity contribution in [2.45, 2.75) is 52.1 Å². The van der Waals surface area contributed by atoms with Crippen LogP contribution in [0.2, 0.25) is 0 Å². The minimum Gasteiger partial charge on any atom is -0.312 e. The minimum atomic E-state index is 0.757. The molecule has 3 fully saturated rings. The number of nitrogens with one attached hydrogen (secondary N) is 2. The van der Waals surface area contributed by atoms with Gasteiger partial charge >= 0.3 is 0 Å². The van der Waals surface area contributed by atoms with Gasteiger partial charge in [-0.15, -0.1) is 0 Å². The Morgan fingerprint density at radius 1 is 0.882 bits per heavy atom. The lowest BCUT2D eigenvalue weighted by Crippen LogP contribution is -2.65. The summed E-state index contributed by atoms with van der Waals surface area (Å²) in [5, 5.41) is 7.70. The molecule has 2 aliphatic heterocycles. The zero-order valence-electron chi connectivity index (χ0n) is 11.6. The van der Waals surface area contributed by atoms with Crippen LogP contribution in [0.15, 0.2) is 0 Å². The van der Waals surface area contributed by atoms with Gasteiger partial charge in [-0.3, -0.25) is 0 Å². The van der Waals surface area contributed by atoms with Crippen LogP contribution in [0.25, 0.3) is 0 Å². The van der Waals surface area contributed by atoms with E-state index < -0.39 is 0 Å². The molecule has 1 saturated carbocycles. The fraction of sp³-hybridized carbons (Fsp3) is 1.00. The Balaban J connectivity index is 1.75. The molecule has 0 spiro atoms. The van der Waals surface area contributed by atoms with Crippen LogP contribution in [-0.4, -0.2) is 25.2 Å². The Bertz CT molecular complexity index is 278. The summed E-state index contributed by atoms with van der Waals surface area (Å²) >= 11 is 0. The van der Waals surface area contributed by atoms with E-state index in [4.69, 9.17) is 0 Å². The predicted octanol–water partition coefficient (Wildman–Crippen LogP) is 2.25. The number of hydrogen-bond acceptors (Lipinski definition) is 2. The predicted molar refractivity (Wildman–Crippen MR) is 71.9 cm³/mol. The zero-order valence-corrected chi connectivity index (χ0v) is 11.6. The standard InChI is InChI=1S/C15H28N2/c1-9-6-12-4-5-13-11(3)10(2)8-17-15(13)14(12)16-7-9/h9-17H,4-8H2,1-3H3. The quantitative estimate of drug-likeness (QED) is 0.674. The van der Waals surface area contributed by atoms with E-state index in [9.17, 15) is 0 Å². The van der Waals surface area contributed by atoms with Gasteiger partial charge in [0, 0.05) is 12.1 Å². The van der Waals surface area contributed by atoms with Crippen LogP contribution in [0.3, 0.4) is 0 Å². The van der Waals surface area contributed by atoms with Crippen molar-refractivity contribution < 1.29 is 0 Å². The molecule has 1 aliphatic carbocycles. The highest BCUT2D eigenvalue weighted by Gasteiger charge is 2.45. The molecule has 2 nitrogen and oxygen atoms in total. The summed E-state index contributed by atoms with van der Waals surface area (Å²) < 4.78 is 0. The molecule has 2 heterocycles. The lowest BCUT2D eigenvalue weighted by molar-refractivity contribution is 0.0311. The third-order valence-electron chi connectivity index (χ3n) is 5.88. The second-order valence-electron chi connectivity index (χ2n) is 7.05. The minimum absolute atomic E-state index is 0.757. The Hall–Kier alpha value is -0.0800. The highest BCUT2D eigenvalue weighted by molar-refractivity contribution is 5.03. The molecular weight excluding hydrogens is 208 g/mol. The number of hydrogen-bond donors (Lipinski definition) is 2. The van der Waals surface area contributed by atoms with Crippen LogP contribution in [0.4, 0.5) is 0 Å². The van der Waals surface area contributed by atoms with Crippen molar-refractivity contribution in [3.63, 3.8) is 0 Å². The van der Waals surface area contributed by atoms with Crippen molar-refractivity contribution in [2.24, 2.45) is 29.6 Å². The number of fused-ring (bicyclic) bond motifs is 3. The number of piperidine rings is 2. The molecule has 7 unspecified atom stereocenters. The molecule has 7 atom stereocenters. The van der Waals surface area contributed by atoms with Gasteiger partial charge in [-0.25, -0.2) is 0 Å². The summed E-state index contributed by atoms with van der Waals surface area (Å²) in [4.78, 5) is 0. The van der Waals surface area contributed by atoms with Crippen molar-refractivity contribution in [3.05, 3.63) is 0 Å². The Morgan fingerprint density at radius 3 is 2.47 bits per heavy atom. The Labute approximate surface area is 106 Å². The molecule has 0 amide bonds. The van der Waals surface area contributed by atoms with Crippen molar-refractivity contribution >= 4 is 0 Å². The maximum Gasteiger partial charge on any atom is 0.0254 e. The van der Waals surface area contributed by atoms with Crippen LogP contribution < -0.4 is 10.6 Å². The molecule has 3 rings (SSSR count). The van der Waals surface area contributed by atoms with Gasteiger partial charge in [-0.1, -0.05) is 20.8 Å². The van der Waals surface area contributed by atoms with E-state index in [1.54, 1.807) is 0 Å². The molecular formula is C15H28N2. The highest BCUT2D eigenvalue weighted by atomic mass is 15.1. The van der Waals surface area contributed by atoms with E-state index in [0.29, 0.717) is 0 Å². The van der Waals surface area contributed by atoms with Gasteiger partial charge in [0.05, 0.1) is 0 Å². The fourth-order valence-corrected chi connectivity index (χ4v) is 4.62. The second kappa shape index (κ2) is 4.55.